The average molecular weight is 244 g/mol. The molecule has 7 heteroatoms. The van der Waals surface area contributed by atoms with Crippen LogP contribution in [0.15, 0.2) is 9.64 Å². The molecule has 90 valence electrons. The predicted molar refractivity (Wildman–Crippen MR) is 60.8 cm³/mol. The number of hydrogen-bond acceptors (Lipinski definition) is 6. The number of nitrogens with two attached hydrogens (primary N) is 2. The first kappa shape index (κ1) is 13.0. The fourth-order valence-electron chi connectivity index (χ4n) is 1.06. The molecular weight excluding hydrogens is 228 g/mol. The fourth-order valence-corrected chi connectivity index (χ4v) is 1.80. The molecule has 1 rings (SSSR count). The number of nitrogens with zero attached hydrogens (tertiary/aromatic N) is 2. The van der Waals surface area contributed by atoms with E-state index in [9.17, 15) is 4.79 Å². The van der Waals surface area contributed by atoms with E-state index in [1.54, 1.807) is 13.8 Å². The van der Waals surface area contributed by atoms with Gasteiger partial charge >= 0.3 is 0 Å². The van der Waals surface area contributed by atoms with Gasteiger partial charge in [0.2, 0.25) is 11.8 Å². The van der Waals surface area contributed by atoms with Crippen LogP contribution in [0.2, 0.25) is 0 Å². The normalized spacial score (nSPS) is 14.7. The van der Waals surface area contributed by atoms with Crippen molar-refractivity contribution >= 4 is 17.7 Å². The molecule has 0 aliphatic heterocycles. The zero-order valence-corrected chi connectivity index (χ0v) is 10.2. The van der Waals surface area contributed by atoms with E-state index in [-0.39, 0.29) is 0 Å². The van der Waals surface area contributed by atoms with E-state index in [1.807, 2.05) is 0 Å². The Labute approximate surface area is 98.2 Å². The van der Waals surface area contributed by atoms with Crippen molar-refractivity contribution < 1.29 is 9.21 Å². The second-order valence-corrected chi connectivity index (χ2v) is 4.87. The van der Waals surface area contributed by atoms with Crippen molar-refractivity contribution in [2.45, 2.75) is 37.5 Å². The number of primary amides is 1. The summed E-state index contributed by atoms with van der Waals surface area (Å²) >= 11 is 1.45. The summed E-state index contributed by atoms with van der Waals surface area (Å²) in [6.07, 6.45) is 1.31. The van der Waals surface area contributed by atoms with Gasteiger partial charge in [0.15, 0.2) is 0 Å². The quantitative estimate of drug-likeness (QED) is 0.555. The maximum absolute atomic E-state index is 10.9. The van der Waals surface area contributed by atoms with Gasteiger partial charge in [0.05, 0.1) is 5.54 Å². The SMILES string of the molecule is Cc1nnc(SCCCC(C)(N)C(N)=O)o1. The van der Waals surface area contributed by atoms with E-state index in [2.05, 4.69) is 10.2 Å². The highest BCUT2D eigenvalue weighted by Gasteiger charge is 2.24. The Kier molecular flexibility index (Phi) is 4.31. The van der Waals surface area contributed by atoms with Gasteiger partial charge in [-0.05, 0) is 19.8 Å². The van der Waals surface area contributed by atoms with Crippen LogP contribution < -0.4 is 11.5 Å². The second kappa shape index (κ2) is 5.31. The number of rotatable bonds is 6. The smallest absolute Gasteiger partial charge is 0.276 e. The van der Waals surface area contributed by atoms with Gasteiger partial charge in [0, 0.05) is 12.7 Å². The molecule has 0 saturated carbocycles. The Morgan fingerprint density at radius 1 is 1.56 bits per heavy atom. The molecule has 4 N–H and O–H groups in total. The van der Waals surface area contributed by atoms with Crippen LogP contribution in [0.4, 0.5) is 0 Å². The molecule has 1 unspecified atom stereocenters. The summed E-state index contributed by atoms with van der Waals surface area (Å²) in [5, 5.41) is 8.08. The average Bonchev–Trinajstić information content (AvgIpc) is 2.59. The topological polar surface area (TPSA) is 108 Å². The monoisotopic (exact) mass is 244 g/mol. The summed E-state index contributed by atoms with van der Waals surface area (Å²) in [7, 11) is 0. The molecule has 1 atom stereocenters. The highest BCUT2D eigenvalue weighted by molar-refractivity contribution is 7.99. The fraction of sp³-hybridized carbons (Fsp3) is 0.667. The largest absolute Gasteiger partial charge is 0.416 e. The van der Waals surface area contributed by atoms with Crippen LogP contribution in [0, 0.1) is 6.92 Å². The third kappa shape index (κ3) is 3.82. The Balaban J connectivity index is 2.24. The molecular formula is C9H16N4O2S. The molecule has 1 heterocycles. The lowest BCUT2D eigenvalue weighted by molar-refractivity contribution is -0.122. The number of amides is 1. The van der Waals surface area contributed by atoms with Gasteiger partial charge in [-0.15, -0.1) is 10.2 Å². The van der Waals surface area contributed by atoms with Crippen LogP contribution in [0.5, 0.6) is 0 Å². The standard InChI is InChI=1S/C9H16N4O2S/c1-6-12-13-8(15-6)16-5-3-4-9(2,11)7(10)14/h3-5,11H2,1-2H3,(H2,10,14). The molecule has 1 amide bonds. The zero-order valence-electron chi connectivity index (χ0n) is 9.40. The van der Waals surface area contributed by atoms with Gasteiger partial charge in [-0.1, -0.05) is 11.8 Å². The Hall–Kier alpha value is -1.08. The lowest BCUT2D eigenvalue weighted by Gasteiger charge is -2.19. The van der Waals surface area contributed by atoms with Gasteiger partial charge in [-0.3, -0.25) is 4.79 Å². The molecule has 1 aromatic rings. The predicted octanol–water partition coefficient (Wildman–Crippen LogP) is 0.453. The van der Waals surface area contributed by atoms with Gasteiger partial charge in [-0.25, -0.2) is 0 Å². The number of carbonyl (C=O) groups is 1. The minimum absolute atomic E-state index is 0.480. The Morgan fingerprint density at radius 2 is 2.25 bits per heavy atom. The molecule has 0 aliphatic carbocycles. The summed E-state index contributed by atoms with van der Waals surface area (Å²) in [6.45, 7) is 3.37. The van der Waals surface area contributed by atoms with E-state index in [0.717, 1.165) is 12.2 Å². The van der Waals surface area contributed by atoms with Crippen molar-refractivity contribution in [3.63, 3.8) is 0 Å². The van der Waals surface area contributed by atoms with Crippen molar-refractivity contribution in [1.29, 1.82) is 0 Å². The van der Waals surface area contributed by atoms with Crippen LogP contribution in [0.25, 0.3) is 0 Å². The second-order valence-electron chi connectivity index (χ2n) is 3.82. The van der Waals surface area contributed by atoms with Crippen LogP contribution >= 0.6 is 11.8 Å². The highest BCUT2D eigenvalue weighted by atomic mass is 32.2. The van der Waals surface area contributed by atoms with Gasteiger partial charge in [0.25, 0.3) is 5.22 Å². The first-order valence-corrected chi connectivity index (χ1v) is 5.92. The molecule has 0 fully saturated rings. The number of thioether (sulfide) groups is 1. The maximum atomic E-state index is 10.9. The van der Waals surface area contributed by atoms with Gasteiger partial charge < -0.3 is 15.9 Å². The lowest BCUT2D eigenvalue weighted by atomic mass is 9.97. The maximum Gasteiger partial charge on any atom is 0.276 e. The molecule has 16 heavy (non-hydrogen) atoms. The van der Waals surface area contributed by atoms with Crippen LogP contribution in [0.3, 0.4) is 0 Å². The number of aromatic nitrogens is 2. The first-order valence-electron chi connectivity index (χ1n) is 4.93. The summed E-state index contributed by atoms with van der Waals surface area (Å²) < 4.78 is 5.18. The number of carbonyl (C=O) groups excluding carboxylic acids is 1. The summed E-state index contributed by atoms with van der Waals surface area (Å²) in [4.78, 5) is 10.9. The summed E-state index contributed by atoms with van der Waals surface area (Å²) in [6, 6.07) is 0. The summed E-state index contributed by atoms with van der Waals surface area (Å²) in [5.74, 6) is 0.830. The van der Waals surface area contributed by atoms with E-state index in [1.165, 1.54) is 11.8 Å². The number of aryl methyl sites for hydroxylation is 1. The van der Waals surface area contributed by atoms with Gasteiger partial charge in [-0.2, -0.15) is 0 Å². The molecule has 0 aliphatic rings. The first-order chi connectivity index (χ1) is 7.42. The minimum Gasteiger partial charge on any atom is -0.416 e. The Bertz CT molecular complexity index is 364. The molecule has 0 radical (unpaired) electrons. The van der Waals surface area contributed by atoms with Crippen molar-refractivity contribution in [2.24, 2.45) is 11.5 Å². The summed E-state index contributed by atoms with van der Waals surface area (Å²) in [5.41, 5.74) is 9.92. The Morgan fingerprint density at radius 3 is 2.75 bits per heavy atom. The van der Waals surface area contributed by atoms with Crippen LogP contribution in [-0.4, -0.2) is 27.4 Å². The lowest BCUT2D eigenvalue weighted by Crippen LogP contribution is -2.49. The number of hydrogen-bond donors (Lipinski definition) is 2. The molecule has 0 bridgehead atoms. The van der Waals surface area contributed by atoms with Crippen molar-refractivity contribution in [3.05, 3.63) is 5.89 Å². The third-order valence-corrected chi connectivity index (χ3v) is 3.04. The molecule has 0 aromatic carbocycles. The van der Waals surface area contributed by atoms with E-state index in [0.29, 0.717) is 17.5 Å². The van der Waals surface area contributed by atoms with Crippen molar-refractivity contribution in [1.82, 2.24) is 10.2 Å². The van der Waals surface area contributed by atoms with Crippen LogP contribution in [0.1, 0.15) is 25.7 Å². The van der Waals surface area contributed by atoms with E-state index >= 15 is 0 Å². The van der Waals surface area contributed by atoms with Crippen LogP contribution in [-0.2, 0) is 4.79 Å². The molecule has 1 aromatic heterocycles. The van der Waals surface area contributed by atoms with E-state index in [4.69, 9.17) is 15.9 Å². The minimum atomic E-state index is -0.939. The van der Waals surface area contributed by atoms with Crippen molar-refractivity contribution in [2.75, 3.05) is 5.75 Å². The van der Waals surface area contributed by atoms with E-state index < -0.39 is 11.4 Å². The molecule has 0 saturated heterocycles. The third-order valence-electron chi connectivity index (χ3n) is 2.14. The molecule has 0 spiro atoms. The molecule has 6 nitrogen and oxygen atoms in total. The van der Waals surface area contributed by atoms with Gasteiger partial charge in [0.1, 0.15) is 0 Å². The highest BCUT2D eigenvalue weighted by Crippen LogP contribution is 2.19. The zero-order chi connectivity index (χ0) is 12.2. The van der Waals surface area contributed by atoms with Crippen molar-refractivity contribution in [3.8, 4) is 0 Å².